The Morgan fingerprint density at radius 1 is 1.45 bits per heavy atom. The van der Waals surface area contributed by atoms with Crippen LogP contribution in [0.3, 0.4) is 0 Å². The minimum absolute atomic E-state index is 0.0815. The van der Waals surface area contributed by atoms with Crippen LogP contribution in [0.5, 0.6) is 0 Å². The molecule has 1 heterocycles. The molecule has 2 N–H and O–H groups in total. The van der Waals surface area contributed by atoms with Crippen molar-refractivity contribution in [1.82, 2.24) is 4.31 Å². The Kier molecular flexibility index (Phi) is 3.79. The van der Waals surface area contributed by atoms with Crippen LogP contribution in [0.1, 0.15) is 20.8 Å². The molecule has 0 radical (unpaired) electrons. The lowest BCUT2D eigenvalue weighted by Gasteiger charge is -2.40. The molecule has 1 saturated heterocycles. The second kappa shape index (κ2) is 4.98. The number of halogens is 1. The molecule has 1 atom stereocenters. The highest BCUT2D eigenvalue weighted by Gasteiger charge is 2.39. The average molecular weight is 302 g/mol. The first-order valence-corrected chi connectivity index (χ1v) is 7.79. The fourth-order valence-electron chi connectivity index (χ4n) is 2.51. The van der Waals surface area contributed by atoms with Crippen molar-refractivity contribution < 1.29 is 17.5 Å². The molecule has 1 unspecified atom stereocenters. The van der Waals surface area contributed by atoms with Crippen LogP contribution in [0, 0.1) is 5.82 Å². The van der Waals surface area contributed by atoms with E-state index in [0.717, 1.165) is 6.07 Å². The first kappa shape index (κ1) is 15.2. The highest BCUT2D eigenvalue weighted by Crippen LogP contribution is 2.30. The highest BCUT2D eigenvalue weighted by molar-refractivity contribution is 7.89. The summed E-state index contributed by atoms with van der Waals surface area (Å²) in [6.07, 6.45) is -0.262. The first-order chi connectivity index (χ1) is 9.13. The van der Waals surface area contributed by atoms with Gasteiger partial charge in [-0.1, -0.05) is 6.07 Å². The third-order valence-electron chi connectivity index (χ3n) is 3.13. The van der Waals surface area contributed by atoms with Crippen molar-refractivity contribution in [1.29, 1.82) is 0 Å². The van der Waals surface area contributed by atoms with Gasteiger partial charge in [0.2, 0.25) is 10.0 Å². The van der Waals surface area contributed by atoms with Gasteiger partial charge in [0.25, 0.3) is 0 Å². The topological polar surface area (TPSA) is 72.6 Å². The molecule has 0 aromatic heterocycles. The van der Waals surface area contributed by atoms with Gasteiger partial charge in [-0.15, -0.1) is 0 Å². The summed E-state index contributed by atoms with van der Waals surface area (Å²) < 4.78 is 46.0. The zero-order chi connectivity index (χ0) is 15.1. The van der Waals surface area contributed by atoms with E-state index in [2.05, 4.69) is 0 Å². The molecule has 0 bridgehead atoms. The maximum atomic E-state index is 13.9. The third kappa shape index (κ3) is 2.79. The number of morpholine rings is 1. The standard InChI is InChI=1S/C13H19FN2O3S/c1-9-7-16(8-13(2,3)19-9)20(17,18)12-10(14)5-4-6-11(12)15/h4-6,9H,7-8,15H2,1-3H3. The highest BCUT2D eigenvalue weighted by atomic mass is 32.2. The first-order valence-electron chi connectivity index (χ1n) is 6.35. The minimum Gasteiger partial charge on any atom is -0.398 e. The lowest BCUT2D eigenvalue weighted by atomic mass is 10.1. The molecule has 0 saturated carbocycles. The Morgan fingerprint density at radius 3 is 2.65 bits per heavy atom. The summed E-state index contributed by atoms with van der Waals surface area (Å²) in [6, 6.07) is 3.86. The summed E-state index contributed by atoms with van der Waals surface area (Å²) in [5, 5.41) is 0. The fraction of sp³-hybridized carbons (Fsp3) is 0.538. The summed E-state index contributed by atoms with van der Waals surface area (Å²) in [4.78, 5) is -0.454. The summed E-state index contributed by atoms with van der Waals surface area (Å²) in [7, 11) is -3.97. The van der Waals surface area contributed by atoms with E-state index in [4.69, 9.17) is 10.5 Å². The van der Waals surface area contributed by atoms with Crippen LogP contribution in [0.15, 0.2) is 23.1 Å². The molecule has 1 fully saturated rings. The number of rotatable bonds is 2. The van der Waals surface area contributed by atoms with E-state index < -0.39 is 26.3 Å². The molecule has 1 aromatic rings. The van der Waals surface area contributed by atoms with Crippen LogP contribution in [0.2, 0.25) is 0 Å². The SMILES string of the molecule is CC1CN(S(=O)(=O)c2c(N)cccc2F)CC(C)(C)O1. The molecule has 0 amide bonds. The van der Waals surface area contributed by atoms with E-state index in [9.17, 15) is 12.8 Å². The molecule has 5 nitrogen and oxygen atoms in total. The number of hydrogen-bond acceptors (Lipinski definition) is 4. The average Bonchev–Trinajstić information content (AvgIpc) is 2.25. The van der Waals surface area contributed by atoms with Crippen molar-refractivity contribution in [2.45, 2.75) is 37.4 Å². The number of ether oxygens (including phenoxy) is 1. The van der Waals surface area contributed by atoms with Gasteiger partial charge in [-0.05, 0) is 32.9 Å². The normalized spacial score (nSPS) is 23.7. The van der Waals surface area contributed by atoms with Gasteiger partial charge in [0.1, 0.15) is 10.7 Å². The van der Waals surface area contributed by atoms with Crippen LogP contribution in [-0.2, 0) is 14.8 Å². The van der Waals surface area contributed by atoms with Crippen LogP contribution >= 0.6 is 0 Å². The van der Waals surface area contributed by atoms with E-state index >= 15 is 0 Å². The number of nitrogens with zero attached hydrogens (tertiary/aromatic N) is 1. The molecule has 112 valence electrons. The van der Waals surface area contributed by atoms with Crippen LogP contribution in [0.4, 0.5) is 10.1 Å². The zero-order valence-electron chi connectivity index (χ0n) is 11.8. The molecule has 0 aliphatic carbocycles. The zero-order valence-corrected chi connectivity index (χ0v) is 12.6. The number of sulfonamides is 1. The monoisotopic (exact) mass is 302 g/mol. The minimum atomic E-state index is -3.97. The smallest absolute Gasteiger partial charge is 0.248 e. The molecule has 2 rings (SSSR count). The Hall–Kier alpha value is -1.18. The second-order valence-electron chi connectivity index (χ2n) is 5.64. The molecule has 1 aromatic carbocycles. The van der Waals surface area contributed by atoms with E-state index in [1.54, 1.807) is 20.8 Å². The van der Waals surface area contributed by atoms with E-state index in [-0.39, 0.29) is 24.9 Å². The molecule has 20 heavy (non-hydrogen) atoms. The number of anilines is 1. The summed E-state index contributed by atoms with van der Waals surface area (Å²) in [5.74, 6) is -0.832. The number of hydrogen-bond donors (Lipinski definition) is 1. The summed E-state index contributed by atoms with van der Waals surface area (Å²) in [5.41, 5.74) is 4.94. The third-order valence-corrected chi connectivity index (χ3v) is 5.04. The number of benzene rings is 1. The van der Waals surface area contributed by atoms with Gasteiger partial charge >= 0.3 is 0 Å². The molecule has 1 aliphatic rings. The predicted octanol–water partition coefficient (Wildman–Crippen LogP) is 1.60. The van der Waals surface area contributed by atoms with Gasteiger partial charge in [0.15, 0.2) is 0 Å². The van der Waals surface area contributed by atoms with Crippen LogP contribution in [0.25, 0.3) is 0 Å². The fourth-order valence-corrected chi connectivity index (χ4v) is 4.33. The van der Waals surface area contributed by atoms with Gasteiger partial charge in [-0.3, -0.25) is 0 Å². The van der Waals surface area contributed by atoms with Gasteiger partial charge in [0.05, 0.1) is 17.4 Å². The lowest BCUT2D eigenvalue weighted by molar-refractivity contribution is -0.109. The maximum Gasteiger partial charge on any atom is 0.248 e. The quantitative estimate of drug-likeness (QED) is 0.842. The number of nitrogen functional groups attached to an aromatic ring is 1. The second-order valence-corrected chi connectivity index (χ2v) is 7.52. The maximum absolute atomic E-state index is 13.9. The van der Waals surface area contributed by atoms with Gasteiger partial charge in [-0.2, -0.15) is 4.31 Å². The van der Waals surface area contributed by atoms with Gasteiger partial charge in [-0.25, -0.2) is 12.8 Å². The molecular formula is C13H19FN2O3S. The Labute approximate surface area is 118 Å². The Morgan fingerprint density at radius 2 is 2.10 bits per heavy atom. The van der Waals surface area contributed by atoms with Gasteiger partial charge < -0.3 is 10.5 Å². The van der Waals surface area contributed by atoms with Crippen molar-refractivity contribution >= 4 is 15.7 Å². The van der Waals surface area contributed by atoms with Crippen LogP contribution in [-0.4, -0.2) is 37.5 Å². The van der Waals surface area contributed by atoms with E-state index in [1.807, 2.05) is 0 Å². The molecular weight excluding hydrogens is 283 g/mol. The van der Waals surface area contributed by atoms with E-state index in [1.165, 1.54) is 16.4 Å². The van der Waals surface area contributed by atoms with Gasteiger partial charge in [0, 0.05) is 13.1 Å². The lowest BCUT2D eigenvalue weighted by Crippen LogP contribution is -2.53. The Balaban J connectivity index is 2.45. The van der Waals surface area contributed by atoms with E-state index in [0.29, 0.717) is 0 Å². The predicted molar refractivity (Wildman–Crippen MR) is 74.2 cm³/mol. The van der Waals surface area contributed by atoms with Crippen molar-refractivity contribution in [2.75, 3.05) is 18.8 Å². The largest absolute Gasteiger partial charge is 0.398 e. The summed E-state index contributed by atoms with van der Waals surface area (Å²) >= 11 is 0. The van der Waals surface area contributed by atoms with Crippen molar-refractivity contribution in [3.63, 3.8) is 0 Å². The summed E-state index contributed by atoms with van der Waals surface area (Å²) in [6.45, 7) is 5.73. The van der Waals surface area contributed by atoms with Crippen molar-refractivity contribution in [3.05, 3.63) is 24.0 Å². The van der Waals surface area contributed by atoms with Crippen LogP contribution < -0.4 is 5.73 Å². The van der Waals surface area contributed by atoms with Crippen molar-refractivity contribution in [2.24, 2.45) is 0 Å². The van der Waals surface area contributed by atoms with Crippen molar-refractivity contribution in [3.8, 4) is 0 Å². The molecule has 7 heteroatoms. The molecule has 1 aliphatic heterocycles. The Bertz CT molecular complexity index is 596. The number of nitrogens with two attached hydrogens (primary N) is 1. The molecule has 0 spiro atoms.